The Labute approximate surface area is 167 Å². The predicted octanol–water partition coefficient (Wildman–Crippen LogP) is 4.55. The summed E-state index contributed by atoms with van der Waals surface area (Å²) < 4.78 is 28.9. The van der Waals surface area contributed by atoms with Crippen LogP contribution < -0.4 is 14.5 Å². The zero-order valence-electron chi connectivity index (χ0n) is 16.8. The van der Waals surface area contributed by atoms with Crippen molar-refractivity contribution in [3.8, 4) is 0 Å². The lowest BCUT2D eigenvalue weighted by molar-refractivity contribution is 0.602. The molecule has 0 aromatic heterocycles. The molecule has 3 aromatic carbocycles. The predicted molar refractivity (Wildman–Crippen MR) is 119 cm³/mol. The van der Waals surface area contributed by atoms with Crippen LogP contribution in [0.25, 0.3) is 10.8 Å². The normalized spacial score (nSPS) is 11.4. The number of nitrogens with one attached hydrogen (secondary N) is 1. The van der Waals surface area contributed by atoms with E-state index in [0.717, 1.165) is 29.9 Å². The molecule has 3 rings (SSSR count). The molecule has 0 aliphatic carbocycles. The highest BCUT2D eigenvalue weighted by Crippen LogP contribution is 2.31. The number of fused-ring (bicyclic) bond motifs is 1. The quantitative estimate of drug-likeness (QED) is 0.635. The second-order valence-corrected chi connectivity index (χ2v) is 8.50. The van der Waals surface area contributed by atoms with E-state index < -0.39 is 10.0 Å². The van der Waals surface area contributed by atoms with Crippen molar-refractivity contribution in [2.45, 2.75) is 18.7 Å². The number of rotatable bonds is 7. The van der Waals surface area contributed by atoms with Crippen LogP contribution in [0.15, 0.2) is 65.6 Å². The first-order valence-electron chi connectivity index (χ1n) is 9.44. The summed E-state index contributed by atoms with van der Waals surface area (Å²) in [5.74, 6) is 0. The van der Waals surface area contributed by atoms with Gasteiger partial charge >= 0.3 is 0 Å². The molecule has 0 aliphatic rings. The highest BCUT2D eigenvalue weighted by atomic mass is 32.2. The molecule has 0 atom stereocenters. The van der Waals surface area contributed by atoms with E-state index in [-0.39, 0.29) is 4.90 Å². The fourth-order valence-electron chi connectivity index (χ4n) is 3.43. The fraction of sp³-hybridized carbons (Fsp3) is 0.273. The Morgan fingerprint density at radius 1 is 0.821 bits per heavy atom. The highest BCUT2D eigenvalue weighted by Gasteiger charge is 2.18. The topological polar surface area (TPSA) is 52.7 Å². The third-order valence-corrected chi connectivity index (χ3v) is 6.32. The van der Waals surface area contributed by atoms with Crippen molar-refractivity contribution < 1.29 is 8.42 Å². The standard InChI is InChI=1S/C22H27N3O2S/c1-5-25(6-2)18-15-13-17(14-16-18)23-28(26,27)22-12-8-9-19-20(22)10-7-11-21(19)24(3)4/h7-16,23H,5-6H2,1-4H3. The van der Waals surface area contributed by atoms with Crippen molar-refractivity contribution in [2.24, 2.45) is 0 Å². The van der Waals surface area contributed by atoms with Gasteiger partial charge in [-0.1, -0.05) is 24.3 Å². The maximum atomic E-state index is 13.1. The molecule has 28 heavy (non-hydrogen) atoms. The molecule has 0 amide bonds. The van der Waals surface area contributed by atoms with Crippen LogP contribution in [0.5, 0.6) is 0 Å². The van der Waals surface area contributed by atoms with Gasteiger partial charge in [-0.05, 0) is 50.2 Å². The van der Waals surface area contributed by atoms with Crippen LogP contribution in [0.3, 0.4) is 0 Å². The van der Waals surface area contributed by atoms with Gasteiger partial charge < -0.3 is 9.80 Å². The summed E-state index contributed by atoms with van der Waals surface area (Å²) in [4.78, 5) is 4.48. The SMILES string of the molecule is CCN(CC)c1ccc(NS(=O)(=O)c2cccc3c(N(C)C)cccc23)cc1. The van der Waals surface area contributed by atoms with Crippen molar-refractivity contribution in [3.63, 3.8) is 0 Å². The van der Waals surface area contributed by atoms with Gasteiger partial charge in [-0.25, -0.2) is 8.42 Å². The number of sulfonamides is 1. The van der Waals surface area contributed by atoms with Gasteiger partial charge in [-0.3, -0.25) is 4.72 Å². The summed E-state index contributed by atoms with van der Waals surface area (Å²) in [6, 6.07) is 18.6. The first-order valence-corrected chi connectivity index (χ1v) is 10.9. The number of benzene rings is 3. The number of nitrogens with zero attached hydrogens (tertiary/aromatic N) is 2. The summed E-state index contributed by atoms with van der Waals surface area (Å²) in [6.45, 7) is 6.02. The minimum absolute atomic E-state index is 0.279. The Hall–Kier alpha value is -2.73. The van der Waals surface area contributed by atoms with E-state index >= 15 is 0 Å². The van der Waals surface area contributed by atoms with Crippen LogP contribution in [0.1, 0.15) is 13.8 Å². The minimum atomic E-state index is -3.71. The molecule has 0 bridgehead atoms. The Bertz CT molecular complexity index is 1060. The van der Waals surface area contributed by atoms with Gasteiger partial charge in [0.25, 0.3) is 10.0 Å². The summed E-state index contributed by atoms with van der Waals surface area (Å²) in [5.41, 5.74) is 2.61. The number of hydrogen-bond acceptors (Lipinski definition) is 4. The van der Waals surface area contributed by atoms with Crippen LogP contribution in [-0.4, -0.2) is 35.6 Å². The summed E-state index contributed by atoms with van der Waals surface area (Å²) in [5, 5.41) is 1.62. The average Bonchev–Trinajstić information content (AvgIpc) is 2.68. The second-order valence-electron chi connectivity index (χ2n) is 6.85. The third kappa shape index (κ3) is 3.92. The Balaban J connectivity index is 1.97. The molecule has 0 unspecified atom stereocenters. The van der Waals surface area contributed by atoms with Crippen LogP contribution in [0, 0.1) is 0 Å². The maximum absolute atomic E-state index is 13.1. The lowest BCUT2D eigenvalue weighted by Gasteiger charge is -2.21. The molecule has 0 fully saturated rings. The van der Waals surface area contributed by atoms with Gasteiger partial charge in [0.05, 0.1) is 4.90 Å². The molecule has 148 valence electrons. The smallest absolute Gasteiger partial charge is 0.262 e. The van der Waals surface area contributed by atoms with Crippen LogP contribution in [0.2, 0.25) is 0 Å². The van der Waals surface area contributed by atoms with Crippen LogP contribution in [-0.2, 0) is 10.0 Å². The zero-order chi connectivity index (χ0) is 20.3. The lowest BCUT2D eigenvalue weighted by Crippen LogP contribution is -2.21. The summed E-state index contributed by atoms with van der Waals surface area (Å²) >= 11 is 0. The first kappa shape index (κ1) is 20.0. The van der Waals surface area contributed by atoms with E-state index in [2.05, 4.69) is 23.5 Å². The Morgan fingerprint density at radius 2 is 1.43 bits per heavy atom. The zero-order valence-corrected chi connectivity index (χ0v) is 17.6. The van der Waals surface area contributed by atoms with Crippen molar-refractivity contribution >= 4 is 37.9 Å². The molecule has 0 saturated carbocycles. The van der Waals surface area contributed by atoms with Crippen molar-refractivity contribution in [2.75, 3.05) is 41.7 Å². The van der Waals surface area contributed by atoms with E-state index in [9.17, 15) is 8.42 Å². The molecule has 5 nitrogen and oxygen atoms in total. The number of anilines is 3. The third-order valence-electron chi connectivity index (χ3n) is 4.88. The van der Waals surface area contributed by atoms with E-state index in [0.29, 0.717) is 11.1 Å². The highest BCUT2D eigenvalue weighted by molar-refractivity contribution is 7.93. The molecule has 0 spiro atoms. The monoisotopic (exact) mass is 397 g/mol. The second kappa shape index (κ2) is 8.10. The van der Waals surface area contributed by atoms with E-state index in [4.69, 9.17) is 0 Å². The van der Waals surface area contributed by atoms with Crippen molar-refractivity contribution in [1.82, 2.24) is 0 Å². The maximum Gasteiger partial charge on any atom is 0.262 e. The van der Waals surface area contributed by atoms with Gasteiger partial charge in [0.2, 0.25) is 0 Å². The van der Waals surface area contributed by atoms with Gasteiger partial charge in [-0.2, -0.15) is 0 Å². The molecule has 0 saturated heterocycles. The lowest BCUT2D eigenvalue weighted by atomic mass is 10.1. The summed E-state index contributed by atoms with van der Waals surface area (Å²) in [6.07, 6.45) is 0. The van der Waals surface area contributed by atoms with Gasteiger partial charge in [0.15, 0.2) is 0 Å². The van der Waals surface area contributed by atoms with Crippen molar-refractivity contribution in [3.05, 3.63) is 60.7 Å². The molecule has 6 heteroatoms. The minimum Gasteiger partial charge on any atom is -0.377 e. The van der Waals surface area contributed by atoms with Gasteiger partial charge in [0.1, 0.15) is 0 Å². The Kier molecular flexibility index (Phi) is 5.79. The van der Waals surface area contributed by atoms with Crippen LogP contribution >= 0.6 is 0 Å². The molecule has 0 heterocycles. The molecule has 1 N–H and O–H groups in total. The van der Waals surface area contributed by atoms with Gasteiger partial charge in [0, 0.05) is 55.0 Å². The Morgan fingerprint density at radius 3 is 2.04 bits per heavy atom. The fourth-order valence-corrected chi connectivity index (χ4v) is 4.71. The number of hydrogen-bond donors (Lipinski definition) is 1. The first-order chi connectivity index (χ1) is 13.4. The summed E-state index contributed by atoms with van der Waals surface area (Å²) in [7, 11) is 0.191. The van der Waals surface area contributed by atoms with E-state index in [1.807, 2.05) is 67.5 Å². The van der Waals surface area contributed by atoms with Crippen molar-refractivity contribution in [1.29, 1.82) is 0 Å². The van der Waals surface area contributed by atoms with E-state index in [1.54, 1.807) is 12.1 Å². The molecular formula is C22H27N3O2S. The largest absolute Gasteiger partial charge is 0.377 e. The molecule has 3 aromatic rings. The van der Waals surface area contributed by atoms with Crippen LogP contribution in [0.4, 0.5) is 17.1 Å². The van der Waals surface area contributed by atoms with E-state index in [1.165, 1.54) is 0 Å². The van der Waals surface area contributed by atoms with Gasteiger partial charge in [-0.15, -0.1) is 0 Å². The molecular weight excluding hydrogens is 370 g/mol. The average molecular weight is 398 g/mol. The molecule has 0 aliphatic heterocycles. The molecule has 0 radical (unpaired) electrons.